The molecule has 2 N–H and O–H groups in total. The number of amides is 3. The molecule has 1 fully saturated rings. The van der Waals surface area contributed by atoms with Crippen LogP contribution in [0.5, 0.6) is 0 Å². The molecule has 2 aliphatic heterocycles. The quantitative estimate of drug-likeness (QED) is 0.340. The molecule has 0 aliphatic carbocycles. The maximum atomic E-state index is 12.7. The topological polar surface area (TPSA) is 95.9 Å². The van der Waals surface area contributed by atoms with E-state index in [1.807, 2.05) is 12.1 Å². The van der Waals surface area contributed by atoms with Gasteiger partial charge in [0.05, 0.1) is 0 Å². The van der Waals surface area contributed by atoms with E-state index in [0.29, 0.717) is 31.7 Å². The Morgan fingerprint density at radius 1 is 1.10 bits per heavy atom. The van der Waals surface area contributed by atoms with Crippen molar-refractivity contribution in [3.8, 4) is 11.8 Å². The molecule has 1 unspecified atom stereocenters. The summed E-state index contributed by atoms with van der Waals surface area (Å²) in [5.41, 5.74) is 2.25. The molecule has 0 radical (unpaired) electrons. The van der Waals surface area contributed by atoms with Crippen LogP contribution in [-0.2, 0) is 20.9 Å². The van der Waals surface area contributed by atoms with E-state index < -0.39 is 11.9 Å². The van der Waals surface area contributed by atoms with Crippen molar-refractivity contribution in [1.29, 1.82) is 0 Å². The molecule has 3 rings (SSSR count). The predicted octanol–water partition coefficient (Wildman–Crippen LogP) is 2.15. The molecule has 0 saturated carbocycles. The van der Waals surface area contributed by atoms with Gasteiger partial charge in [-0.25, -0.2) is 0 Å². The third-order valence-corrected chi connectivity index (χ3v) is 5.63. The van der Waals surface area contributed by atoms with Crippen molar-refractivity contribution in [1.82, 2.24) is 10.2 Å². The molecule has 0 aromatic heterocycles. The molecule has 7 nitrogen and oxygen atoms in total. The van der Waals surface area contributed by atoms with Gasteiger partial charge in [-0.05, 0) is 43.0 Å². The molecule has 2 aliphatic rings. The summed E-state index contributed by atoms with van der Waals surface area (Å²) in [6, 6.07) is 4.85. The van der Waals surface area contributed by atoms with Gasteiger partial charge in [0.2, 0.25) is 11.8 Å². The maximum absolute atomic E-state index is 12.7. The number of benzene rings is 1. The van der Waals surface area contributed by atoms with Crippen molar-refractivity contribution >= 4 is 17.7 Å². The molecule has 1 aromatic rings. The zero-order valence-corrected chi connectivity index (χ0v) is 17.8. The van der Waals surface area contributed by atoms with Gasteiger partial charge >= 0.3 is 0 Å². The summed E-state index contributed by atoms with van der Waals surface area (Å²) >= 11 is 0. The molecular formula is C24H30N2O5. The Labute approximate surface area is 183 Å². The predicted molar refractivity (Wildman–Crippen MR) is 115 cm³/mol. The first kappa shape index (κ1) is 23.0. The minimum Gasteiger partial charge on any atom is -0.396 e. The van der Waals surface area contributed by atoms with Crippen LogP contribution < -0.4 is 5.32 Å². The summed E-state index contributed by atoms with van der Waals surface area (Å²) in [5, 5.41) is 11.0. The number of imide groups is 1. The maximum Gasteiger partial charge on any atom is 0.255 e. The Hall–Kier alpha value is -2.69. The van der Waals surface area contributed by atoms with E-state index in [2.05, 4.69) is 17.2 Å². The van der Waals surface area contributed by atoms with E-state index in [-0.39, 0.29) is 24.8 Å². The Morgan fingerprint density at radius 3 is 2.65 bits per heavy atom. The van der Waals surface area contributed by atoms with E-state index >= 15 is 0 Å². The van der Waals surface area contributed by atoms with Gasteiger partial charge in [-0.1, -0.05) is 37.5 Å². The van der Waals surface area contributed by atoms with E-state index in [1.54, 1.807) is 6.07 Å². The number of aliphatic hydroxyl groups excluding tert-OH is 1. The SMILES string of the molecule is O=C1CCC(N2Cc3cc(C#CCOCCCCCCCCO)ccc3C2=O)C(=O)N1. The fraction of sp³-hybridized carbons (Fsp3) is 0.542. The van der Waals surface area contributed by atoms with Crippen LogP contribution in [0.25, 0.3) is 0 Å². The first-order valence-corrected chi connectivity index (χ1v) is 11.0. The highest BCUT2D eigenvalue weighted by Crippen LogP contribution is 2.28. The van der Waals surface area contributed by atoms with Gasteiger partial charge in [0.1, 0.15) is 12.6 Å². The summed E-state index contributed by atoms with van der Waals surface area (Å²) in [7, 11) is 0. The molecule has 31 heavy (non-hydrogen) atoms. The number of hydrogen-bond acceptors (Lipinski definition) is 5. The van der Waals surface area contributed by atoms with E-state index in [4.69, 9.17) is 9.84 Å². The van der Waals surface area contributed by atoms with Gasteiger partial charge in [-0.15, -0.1) is 0 Å². The largest absolute Gasteiger partial charge is 0.396 e. The van der Waals surface area contributed by atoms with Crippen LogP contribution >= 0.6 is 0 Å². The van der Waals surface area contributed by atoms with Crippen molar-refractivity contribution in [2.45, 2.75) is 64.0 Å². The van der Waals surface area contributed by atoms with Crippen molar-refractivity contribution in [2.24, 2.45) is 0 Å². The Balaban J connectivity index is 1.43. The fourth-order valence-corrected chi connectivity index (χ4v) is 3.94. The number of nitrogens with zero attached hydrogens (tertiary/aromatic N) is 1. The number of carbonyl (C=O) groups excluding carboxylic acids is 3. The molecule has 3 amide bonds. The van der Waals surface area contributed by atoms with E-state index in [0.717, 1.165) is 43.2 Å². The van der Waals surface area contributed by atoms with Crippen LogP contribution in [-0.4, -0.2) is 53.6 Å². The number of fused-ring (bicyclic) bond motifs is 1. The number of unbranched alkanes of at least 4 members (excludes halogenated alkanes) is 5. The van der Waals surface area contributed by atoms with Crippen molar-refractivity contribution < 1.29 is 24.2 Å². The lowest BCUT2D eigenvalue weighted by molar-refractivity contribution is -0.136. The van der Waals surface area contributed by atoms with Crippen LogP contribution in [0.2, 0.25) is 0 Å². The Kier molecular flexibility index (Phi) is 8.63. The first-order chi connectivity index (χ1) is 15.1. The highest BCUT2D eigenvalue weighted by molar-refractivity contribution is 6.05. The van der Waals surface area contributed by atoms with Crippen LogP contribution in [0.3, 0.4) is 0 Å². The molecule has 0 bridgehead atoms. The summed E-state index contributed by atoms with van der Waals surface area (Å²) in [6.07, 6.45) is 7.03. The lowest BCUT2D eigenvalue weighted by atomic mass is 10.0. The monoisotopic (exact) mass is 426 g/mol. The Morgan fingerprint density at radius 2 is 1.87 bits per heavy atom. The Bertz CT molecular complexity index is 870. The molecule has 2 heterocycles. The lowest BCUT2D eigenvalue weighted by Crippen LogP contribution is -2.52. The van der Waals surface area contributed by atoms with Crippen molar-refractivity contribution in [3.05, 3.63) is 34.9 Å². The normalized spacial score (nSPS) is 17.9. The second-order valence-corrected chi connectivity index (χ2v) is 7.97. The van der Waals surface area contributed by atoms with Crippen LogP contribution in [0.1, 0.15) is 72.9 Å². The molecule has 166 valence electrons. The number of ether oxygens (including phenoxy) is 1. The van der Waals surface area contributed by atoms with Gasteiger partial charge in [0.15, 0.2) is 0 Å². The average molecular weight is 427 g/mol. The van der Waals surface area contributed by atoms with Crippen molar-refractivity contribution in [2.75, 3.05) is 19.8 Å². The highest BCUT2D eigenvalue weighted by atomic mass is 16.5. The van der Waals surface area contributed by atoms with E-state index in [9.17, 15) is 14.4 Å². The summed E-state index contributed by atoms with van der Waals surface area (Å²) in [4.78, 5) is 37.7. The number of nitrogens with one attached hydrogen (secondary N) is 1. The first-order valence-electron chi connectivity index (χ1n) is 11.0. The summed E-state index contributed by atoms with van der Waals surface area (Å²) in [5.74, 6) is 5.21. The third kappa shape index (κ3) is 6.39. The summed E-state index contributed by atoms with van der Waals surface area (Å²) < 4.78 is 5.56. The second-order valence-electron chi connectivity index (χ2n) is 7.97. The van der Waals surface area contributed by atoms with Crippen molar-refractivity contribution in [3.63, 3.8) is 0 Å². The van der Waals surface area contributed by atoms with Crippen LogP contribution in [0.15, 0.2) is 18.2 Å². The molecule has 1 aromatic carbocycles. The zero-order valence-electron chi connectivity index (χ0n) is 17.8. The van der Waals surface area contributed by atoms with Crippen LogP contribution in [0, 0.1) is 11.8 Å². The van der Waals surface area contributed by atoms with Gasteiger partial charge in [0.25, 0.3) is 5.91 Å². The van der Waals surface area contributed by atoms with Gasteiger partial charge in [0, 0.05) is 37.3 Å². The van der Waals surface area contributed by atoms with Gasteiger partial charge in [-0.2, -0.15) is 0 Å². The molecule has 1 saturated heterocycles. The molecule has 0 spiro atoms. The number of piperidine rings is 1. The third-order valence-electron chi connectivity index (χ3n) is 5.63. The van der Waals surface area contributed by atoms with E-state index in [1.165, 1.54) is 11.3 Å². The second kappa shape index (κ2) is 11.6. The molecular weight excluding hydrogens is 396 g/mol. The van der Waals surface area contributed by atoms with Crippen LogP contribution in [0.4, 0.5) is 0 Å². The molecule has 1 atom stereocenters. The summed E-state index contributed by atoms with van der Waals surface area (Å²) in [6.45, 7) is 1.68. The number of hydrogen-bond donors (Lipinski definition) is 2. The zero-order chi connectivity index (χ0) is 22.1. The van der Waals surface area contributed by atoms with Gasteiger partial charge in [-0.3, -0.25) is 19.7 Å². The number of rotatable bonds is 10. The lowest BCUT2D eigenvalue weighted by Gasteiger charge is -2.29. The average Bonchev–Trinajstić information content (AvgIpc) is 3.07. The standard InChI is InChI=1S/C24H30N2O5/c27-13-5-3-1-2-4-6-14-31-15-7-8-18-9-10-20-19(16-18)17-26(24(20)30)21-11-12-22(28)25-23(21)29/h9-10,16,21,27H,1-6,11-15,17H2,(H,25,28,29). The number of carbonyl (C=O) groups is 3. The molecule has 7 heteroatoms. The minimum atomic E-state index is -0.602. The minimum absolute atomic E-state index is 0.177. The van der Waals surface area contributed by atoms with Gasteiger partial charge < -0.3 is 14.7 Å². The smallest absolute Gasteiger partial charge is 0.255 e. The fourth-order valence-electron chi connectivity index (χ4n) is 3.94. The number of aliphatic hydroxyl groups is 1. The highest BCUT2D eigenvalue weighted by Gasteiger charge is 2.38.